The molecular weight excluding hydrogens is 370 g/mol. The van der Waals surface area contributed by atoms with Crippen molar-refractivity contribution in [1.82, 2.24) is 9.97 Å². The fourth-order valence-corrected chi connectivity index (χ4v) is 3.90. The van der Waals surface area contributed by atoms with Gasteiger partial charge in [0.15, 0.2) is 0 Å². The summed E-state index contributed by atoms with van der Waals surface area (Å²) in [6.45, 7) is 9.90. The van der Waals surface area contributed by atoms with Gasteiger partial charge < -0.3 is 14.7 Å². The maximum atomic E-state index is 6.02. The molecule has 1 aliphatic heterocycles. The molecule has 0 saturated carbocycles. The molecule has 6 heteroatoms. The van der Waals surface area contributed by atoms with E-state index in [9.17, 15) is 0 Å². The predicted molar refractivity (Wildman–Crippen MR) is 119 cm³/mol. The fourth-order valence-electron chi connectivity index (χ4n) is 3.77. The number of hydrogen-bond donors (Lipinski definition) is 0. The molecule has 4 rings (SSSR count). The first-order chi connectivity index (χ1) is 13.7. The molecule has 5 nitrogen and oxygen atoms in total. The van der Waals surface area contributed by atoms with Crippen LogP contribution < -0.4 is 14.7 Å². The molecule has 0 amide bonds. The SMILES string of the molecule is CCN(CC)c1nc(N2CCN(c3ccc(Cl)cc3)CC2)nc2ccccc12. The van der Waals surface area contributed by atoms with Gasteiger partial charge in [0, 0.05) is 55.4 Å². The lowest BCUT2D eigenvalue weighted by molar-refractivity contribution is 0.640. The van der Waals surface area contributed by atoms with Crippen molar-refractivity contribution in [2.45, 2.75) is 13.8 Å². The second-order valence-electron chi connectivity index (χ2n) is 6.99. The third-order valence-electron chi connectivity index (χ3n) is 5.39. The first-order valence-corrected chi connectivity index (χ1v) is 10.3. The van der Waals surface area contributed by atoms with Crippen LogP contribution in [0.4, 0.5) is 17.5 Å². The van der Waals surface area contributed by atoms with Gasteiger partial charge in [0.05, 0.1) is 5.52 Å². The highest BCUT2D eigenvalue weighted by Crippen LogP contribution is 2.27. The molecule has 0 N–H and O–H groups in total. The summed E-state index contributed by atoms with van der Waals surface area (Å²) in [6.07, 6.45) is 0. The van der Waals surface area contributed by atoms with Gasteiger partial charge in [0.2, 0.25) is 5.95 Å². The smallest absolute Gasteiger partial charge is 0.228 e. The van der Waals surface area contributed by atoms with E-state index in [1.54, 1.807) is 0 Å². The van der Waals surface area contributed by atoms with Gasteiger partial charge in [0.1, 0.15) is 5.82 Å². The van der Waals surface area contributed by atoms with Gasteiger partial charge in [0.25, 0.3) is 0 Å². The topological polar surface area (TPSA) is 35.5 Å². The van der Waals surface area contributed by atoms with Crippen molar-refractivity contribution >= 4 is 40.0 Å². The Kier molecular flexibility index (Phi) is 5.53. The second-order valence-corrected chi connectivity index (χ2v) is 7.42. The molecule has 0 radical (unpaired) electrons. The van der Waals surface area contributed by atoms with Gasteiger partial charge in [-0.15, -0.1) is 0 Å². The summed E-state index contributed by atoms with van der Waals surface area (Å²) in [5, 5.41) is 1.89. The van der Waals surface area contributed by atoms with Crippen LogP contribution in [0.1, 0.15) is 13.8 Å². The molecule has 1 aromatic heterocycles. The number of benzene rings is 2. The van der Waals surface area contributed by atoms with Crippen molar-refractivity contribution in [2.75, 3.05) is 54.0 Å². The minimum atomic E-state index is 0.774. The van der Waals surface area contributed by atoms with E-state index in [-0.39, 0.29) is 0 Å². The number of nitrogens with zero attached hydrogens (tertiary/aromatic N) is 5. The third kappa shape index (κ3) is 3.72. The van der Waals surface area contributed by atoms with Crippen LogP contribution in [0.2, 0.25) is 5.02 Å². The molecule has 3 aromatic rings. The monoisotopic (exact) mass is 395 g/mol. The number of halogens is 1. The van der Waals surface area contributed by atoms with Gasteiger partial charge in [-0.3, -0.25) is 0 Å². The van der Waals surface area contributed by atoms with Crippen LogP contribution in [-0.2, 0) is 0 Å². The van der Waals surface area contributed by atoms with Crippen LogP contribution in [0.3, 0.4) is 0 Å². The molecule has 1 fully saturated rings. The molecular formula is C22H26ClN5. The van der Waals surface area contributed by atoms with Gasteiger partial charge in [-0.1, -0.05) is 23.7 Å². The number of hydrogen-bond acceptors (Lipinski definition) is 5. The highest BCUT2D eigenvalue weighted by Gasteiger charge is 2.21. The molecule has 0 atom stereocenters. The van der Waals surface area contributed by atoms with Crippen molar-refractivity contribution in [3.05, 3.63) is 53.6 Å². The van der Waals surface area contributed by atoms with E-state index in [0.29, 0.717) is 0 Å². The van der Waals surface area contributed by atoms with Crippen LogP contribution in [0.5, 0.6) is 0 Å². The lowest BCUT2D eigenvalue weighted by atomic mass is 10.2. The minimum Gasteiger partial charge on any atom is -0.368 e. The van der Waals surface area contributed by atoms with Gasteiger partial charge >= 0.3 is 0 Å². The molecule has 1 aliphatic rings. The van der Waals surface area contributed by atoms with Crippen molar-refractivity contribution < 1.29 is 0 Å². The predicted octanol–water partition coefficient (Wildman–Crippen LogP) is 4.46. The third-order valence-corrected chi connectivity index (χ3v) is 5.64. The number of rotatable bonds is 5. The van der Waals surface area contributed by atoms with Crippen molar-refractivity contribution in [3.63, 3.8) is 0 Å². The van der Waals surface area contributed by atoms with Crippen LogP contribution in [-0.4, -0.2) is 49.2 Å². The largest absolute Gasteiger partial charge is 0.368 e. The normalized spacial score (nSPS) is 14.5. The van der Waals surface area contributed by atoms with Gasteiger partial charge in [-0.05, 0) is 50.2 Å². The van der Waals surface area contributed by atoms with E-state index in [0.717, 1.165) is 67.0 Å². The van der Waals surface area contributed by atoms with Crippen LogP contribution in [0.25, 0.3) is 10.9 Å². The summed E-state index contributed by atoms with van der Waals surface area (Å²) >= 11 is 6.02. The summed E-state index contributed by atoms with van der Waals surface area (Å²) in [5.41, 5.74) is 2.22. The summed E-state index contributed by atoms with van der Waals surface area (Å²) in [7, 11) is 0. The Morgan fingerprint density at radius 1 is 0.857 bits per heavy atom. The number of para-hydroxylation sites is 1. The zero-order valence-electron chi connectivity index (χ0n) is 16.5. The molecule has 2 heterocycles. The molecule has 0 aliphatic carbocycles. The Bertz CT molecular complexity index is 931. The molecule has 1 saturated heterocycles. The maximum absolute atomic E-state index is 6.02. The quantitative estimate of drug-likeness (QED) is 0.637. The first-order valence-electron chi connectivity index (χ1n) is 9.96. The Morgan fingerprint density at radius 3 is 2.18 bits per heavy atom. The Hall–Kier alpha value is -2.53. The van der Waals surface area contributed by atoms with E-state index in [1.165, 1.54) is 5.69 Å². The average Bonchev–Trinajstić information content (AvgIpc) is 2.75. The van der Waals surface area contributed by atoms with Crippen LogP contribution in [0, 0.1) is 0 Å². The summed E-state index contributed by atoms with van der Waals surface area (Å²) in [4.78, 5) is 16.8. The van der Waals surface area contributed by atoms with E-state index < -0.39 is 0 Å². The van der Waals surface area contributed by atoms with Gasteiger partial charge in [-0.25, -0.2) is 4.98 Å². The number of fused-ring (bicyclic) bond motifs is 1. The zero-order chi connectivity index (χ0) is 19.5. The number of anilines is 3. The van der Waals surface area contributed by atoms with E-state index in [2.05, 4.69) is 58.9 Å². The molecule has 28 heavy (non-hydrogen) atoms. The number of piperazine rings is 1. The van der Waals surface area contributed by atoms with Crippen molar-refractivity contribution in [1.29, 1.82) is 0 Å². The summed E-state index contributed by atoms with van der Waals surface area (Å²) < 4.78 is 0. The molecule has 2 aromatic carbocycles. The molecule has 0 spiro atoms. The average molecular weight is 396 g/mol. The maximum Gasteiger partial charge on any atom is 0.228 e. The van der Waals surface area contributed by atoms with Gasteiger partial charge in [-0.2, -0.15) is 4.98 Å². The van der Waals surface area contributed by atoms with Crippen molar-refractivity contribution in [2.24, 2.45) is 0 Å². The molecule has 0 unspecified atom stereocenters. The zero-order valence-corrected chi connectivity index (χ0v) is 17.2. The summed E-state index contributed by atoms with van der Waals surface area (Å²) in [5.74, 6) is 1.86. The Labute approximate surface area is 171 Å². The van der Waals surface area contributed by atoms with Crippen LogP contribution in [0.15, 0.2) is 48.5 Å². The summed E-state index contributed by atoms with van der Waals surface area (Å²) in [6, 6.07) is 16.4. The van der Waals surface area contributed by atoms with Crippen molar-refractivity contribution in [3.8, 4) is 0 Å². The minimum absolute atomic E-state index is 0.774. The highest BCUT2D eigenvalue weighted by atomic mass is 35.5. The standard InChI is InChI=1S/C22H26ClN5/c1-3-26(4-2)21-19-7-5-6-8-20(19)24-22(25-21)28-15-13-27(14-16-28)18-11-9-17(23)10-12-18/h5-12H,3-4,13-16H2,1-2H3. The Balaban J connectivity index is 1.59. The highest BCUT2D eigenvalue weighted by molar-refractivity contribution is 6.30. The first kappa shape index (κ1) is 18.8. The lowest BCUT2D eigenvalue weighted by Crippen LogP contribution is -2.47. The van der Waals surface area contributed by atoms with Crippen LogP contribution >= 0.6 is 11.6 Å². The molecule has 146 valence electrons. The van der Waals surface area contributed by atoms with E-state index >= 15 is 0 Å². The molecule has 0 bridgehead atoms. The lowest BCUT2D eigenvalue weighted by Gasteiger charge is -2.36. The van der Waals surface area contributed by atoms with E-state index in [1.807, 2.05) is 18.2 Å². The fraction of sp³-hybridized carbons (Fsp3) is 0.364. The second kappa shape index (κ2) is 8.23. The van der Waals surface area contributed by atoms with E-state index in [4.69, 9.17) is 21.6 Å². The number of aromatic nitrogens is 2. The Morgan fingerprint density at radius 2 is 1.50 bits per heavy atom.